The second-order valence-corrected chi connectivity index (χ2v) is 8.52. The van der Waals surface area contributed by atoms with Crippen molar-refractivity contribution >= 4 is 23.6 Å². The van der Waals surface area contributed by atoms with Crippen LogP contribution in [-0.4, -0.2) is 53.0 Å². The van der Waals surface area contributed by atoms with Gasteiger partial charge in [0.2, 0.25) is 5.91 Å². The molecule has 0 unspecified atom stereocenters. The molecule has 5 nitrogen and oxygen atoms in total. The molecule has 154 valence electrons. The number of β-amino-alcohol motifs (C(OH)–C–C–N with tert-alkyl or cyclic N) is 1. The quantitative estimate of drug-likeness (QED) is 0.792. The van der Waals surface area contributed by atoms with Crippen molar-refractivity contribution in [1.29, 1.82) is 0 Å². The lowest BCUT2D eigenvalue weighted by molar-refractivity contribution is -0.124. The number of aliphatic hydroxyl groups excluding tert-OH is 1. The van der Waals surface area contributed by atoms with E-state index in [0.717, 1.165) is 16.7 Å². The molecule has 2 N–H and O–H groups in total. The summed E-state index contributed by atoms with van der Waals surface area (Å²) in [5.74, 6) is 0.125. The van der Waals surface area contributed by atoms with E-state index in [2.05, 4.69) is 5.32 Å². The second kappa shape index (κ2) is 9.01. The van der Waals surface area contributed by atoms with E-state index in [-0.39, 0.29) is 18.4 Å². The minimum Gasteiger partial charge on any atom is -0.388 e. The van der Waals surface area contributed by atoms with E-state index in [1.807, 2.05) is 68.6 Å². The Morgan fingerprint density at radius 1 is 1.21 bits per heavy atom. The molecular weight excluding hydrogens is 384 g/mol. The minimum atomic E-state index is -0.904. The van der Waals surface area contributed by atoms with Crippen molar-refractivity contribution in [2.24, 2.45) is 0 Å². The fraction of sp³-hybridized carbons (Fsp3) is 0.391. The van der Waals surface area contributed by atoms with Gasteiger partial charge in [0.05, 0.1) is 17.4 Å². The molecule has 1 heterocycles. The molecule has 3 rings (SSSR count). The molecule has 6 heteroatoms. The summed E-state index contributed by atoms with van der Waals surface area (Å²) >= 11 is 1.44. The smallest absolute Gasteiger partial charge is 0.254 e. The van der Waals surface area contributed by atoms with E-state index in [1.54, 1.807) is 4.90 Å². The molecular formula is C23H28N2O3S. The van der Waals surface area contributed by atoms with Gasteiger partial charge in [-0.15, -0.1) is 0 Å². The van der Waals surface area contributed by atoms with E-state index < -0.39 is 11.6 Å². The summed E-state index contributed by atoms with van der Waals surface area (Å²) in [6.45, 7) is 4.55. The minimum absolute atomic E-state index is 0.0846. The average Bonchev–Trinajstić information content (AvgIpc) is 2.70. The first-order chi connectivity index (χ1) is 13.9. The maximum atomic E-state index is 13.1. The summed E-state index contributed by atoms with van der Waals surface area (Å²) in [6.07, 6.45) is 1.42. The number of benzene rings is 2. The second-order valence-electron chi connectivity index (χ2n) is 7.65. The lowest BCUT2D eigenvalue weighted by atomic mass is 9.78. The summed E-state index contributed by atoms with van der Waals surface area (Å²) in [4.78, 5) is 27.2. The van der Waals surface area contributed by atoms with Gasteiger partial charge in [-0.1, -0.05) is 48.0 Å². The van der Waals surface area contributed by atoms with Crippen LogP contribution in [-0.2, 0) is 10.3 Å². The Morgan fingerprint density at radius 2 is 1.93 bits per heavy atom. The fourth-order valence-corrected chi connectivity index (χ4v) is 4.38. The van der Waals surface area contributed by atoms with Crippen molar-refractivity contribution in [3.63, 3.8) is 0 Å². The maximum Gasteiger partial charge on any atom is 0.254 e. The molecule has 2 amide bonds. The van der Waals surface area contributed by atoms with Crippen LogP contribution in [0.4, 0.5) is 0 Å². The molecule has 0 aliphatic carbocycles. The molecule has 2 aromatic carbocycles. The lowest BCUT2D eigenvalue weighted by Crippen LogP contribution is -2.63. The van der Waals surface area contributed by atoms with Crippen LogP contribution in [0.5, 0.6) is 0 Å². The first-order valence-electron chi connectivity index (χ1n) is 9.77. The van der Waals surface area contributed by atoms with Crippen LogP contribution < -0.4 is 5.32 Å². The van der Waals surface area contributed by atoms with Gasteiger partial charge in [-0.25, -0.2) is 0 Å². The molecule has 1 fully saturated rings. The van der Waals surface area contributed by atoms with Crippen LogP contribution in [0.25, 0.3) is 0 Å². The number of hydrogen-bond acceptors (Lipinski definition) is 4. The van der Waals surface area contributed by atoms with Crippen molar-refractivity contribution in [2.75, 3.05) is 25.1 Å². The summed E-state index contributed by atoms with van der Waals surface area (Å²) in [5, 5.41) is 14.2. The molecule has 2 aromatic rings. The van der Waals surface area contributed by atoms with Crippen molar-refractivity contribution < 1.29 is 14.7 Å². The summed E-state index contributed by atoms with van der Waals surface area (Å²) < 4.78 is 0. The highest BCUT2D eigenvalue weighted by molar-refractivity contribution is 7.99. The van der Waals surface area contributed by atoms with E-state index >= 15 is 0 Å². The largest absolute Gasteiger partial charge is 0.388 e. The Hall–Kier alpha value is -2.31. The van der Waals surface area contributed by atoms with Gasteiger partial charge in [0.25, 0.3) is 5.91 Å². The highest BCUT2D eigenvalue weighted by Gasteiger charge is 2.45. The number of carbonyl (C=O) groups excluding carboxylic acids is 2. The Labute approximate surface area is 176 Å². The number of hydrogen-bond donors (Lipinski definition) is 2. The van der Waals surface area contributed by atoms with Crippen molar-refractivity contribution in [1.82, 2.24) is 10.2 Å². The Balaban J connectivity index is 1.86. The van der Waals surface area contributed by atoms with Gasteiger partial charge >= 0.3 is 0 Å². The van der Waals surface area contributed by atoms with Crippen LogP contribution in [0.2, 0.25) is 0 Å². The van der Waals surface area contributed by atoms with Crippen molar-refractivity contribution in [3.05, 3.63) is 70.8 Å². The third-order valence-corrected chi connectivity index (χ3v) is 6.12. The number of aryl methyl sites for hydroxylation is 2. The number of likely N-dealkylation sites (tertiary alicyclic amines) is 1. The highest BCUT2D eigenvalue weighted by atomic mass is 32.2. The van der Waals surface area contributed by atoms with Gasteiger partial charge in [0.1, 0.15) is 0 Å². The van der Waals surface area contributed by atoms with Crippen LogP contribution in [0, 0.1) is 13.8 Å². The third-order valence-electron chi connectivity index (χ3n) is 5.56. The average molecular weight is 413 g/mol. The zero-order valence-corrected chi connectivity index (χ0v) is 18.0. The number of nitrogens with one attached hydrogen (secondary N) is 1. The monoisotopic (exact) mass is 412 g/mol. The van der Waals surface area contributed by atoms with Crippen LogP contribution in [0.3, 0.4) is 0 Å². The number of rotatable bonds is 5. The zero-order valence-electron chi connectivity index (χ0n) is 17.1. The topological polar surface area (TPSA) is 69.6 Å². The number of carbonyl (C=O) groups is 2. The molecule has 29 heavy (non-hydrogen) atoms. The van der Waals surface area contributed by atoms with Gasteiger partial charge in [-0.2, -0.15) is 11.8 Å². The molecule has 2 atom stereocenters. The van der Waals surface area contributed by atoms with E-state index in [1.165, 1.54) is 11.8 Å². The molecule has 0 radical (unpaired) electrons. The lowest BCUT2D eigenvalue weighted by Gasteiger charge is -2.46. The summed E-state index contributed by atoms with van der Waals surface area (Å²) in [6, 6.07) is 15.3. The Bertz CT molecular complexity index is 887. The van der Waals surface area contributed by atoms with Gasteiger partial charge in [-0.05, 0) is 43.7 Å². The molecule has 0 bridgehead atoms. The molecule has 1 saturated heterocycles. The highest BCUT2D eigenvalue weighted by Crippen LogP contribution is 2.34. The number of amides is 2. The normalized spacial score (nSPS) is 21.7. The molecule has 0 aromatic heterocycles. The predicted octanol–water partition coefficient (Wildman–Crippen LogP) is 2.88. The molecule has 1 aliphatic rings. The Morgan fingerprint density at radius 3 is 2.55 bits per heavy atom. The fourth-order valence-electron chi connectivity index (χ4n) is 4.05. The first kappa shape index (κ1) is 21.4. The number of piperidine rings is 1. The molecule has 0 spiro atoms. The van der Waals surface area contributed by atoms with Crippen LogP contribution in [0.1, 0.15) is 33.5 Å². The number of aliphatic hydroxyl groups is 1. The maximum absolute atomic E-state index is 13.1. The molecule has 0 saturated carbocycles. The van der Waals surface area contributed by atoms with E-state index in [9.17, 15) is 14.7 Å². The van der Waals surface area contributed by atoms with E-state index in [0.29, 0.717) is 24.3 Å². The zero-order chi connectivity index (χ0) is 21.0. The van der Waals surface area contributed by atoms with Crippen LogP contribution in [0.15, 0.2) is 48.5 Å². The van der Waals surface area contributed by atoms with Gasteiger partial charge in [0, 0.05) is 18.7 Å². The Kier molecular flexibility index (Phi) is 6.65. The summed E-state index contributed by atoms with van der Waals surface area (Å²) in [5.41, 5.74) is 2.66. The predicted molar refractivity (Wildman–Crippen MR) is 117 cm³/mol. The van der Waals surface area contributed by atoms with E-state index in [4.69, 9.17) is 0 Å². The van der Waals surface area contributed by atoms with Gasteiger partial charge < -0.3 is 15.3 Å². The van der Waals surface area contributed by atoms with Crippen molar-refractivity contribution in [3.8, 4) is 0 Å². The first-order valence-corrected chi connectivity index (χ1v) is 11.2. The van der Waals surface area contributed by atoms with Gasteiger partial charge in [0.15, 0.2) is 0 Å². The van der Waals surface area contributed by atoms with Gasteiger partial charge in [-0.3, -0.25) is 9.59 Å². The summed E-state index contributed by atoms with van der Waals surface area (Å²) in [7, 11) is 0. The van der Waals surface area contributed by atoms with Crippen molar-refractivity contribution in [2.45, 2.75) is 31.9 Å². The standard InChI is InChI=1S/C23H28N2O3S/c1-16-9-10-19(17(2)13-16)22(28)25-12-11-23(20(26)14-25,24-21(27)15-29-3)18-7-5-4-6-8-18/h4-10,13,20,26H,11-12,14-15H2,1-3H3,(H,24,27)/t20-,23-/m1/s1. The molecule has 1 aliphatic heterocycles. The third kappa shape index (κ3) is 4.49. The van der Waals surface area contributed by atoms with Crippen LogP contribution >= 0.6 is 11.8 Å². The number of nitrogens with zero attached hydrogens (tertiary/aromatic N) is 1. The SMILES string of the molecule is CSCC(=O)N[C@@]1(c2ccccc2)CCN(C(=O)c2ccc(C)cc2C)C[C@H]1O. The number of thioether (sulfide) groups is 1.